The Morgan fingerprint density at radius 1 is 0.437 bits per heavy atom. The van der Waals surface area contributed by atoms with Crippen molar-refractivity contribution in [2.75, 3.05) is 0 Å². The lowest BCUT2D eigenvalue weighted by Crippen LogP contribution is -2.06. The predicted octanol–water partition coefficient (Wildman–Crippen LogP) is 16.6. The van der Waals surface area contributed by atoms with Crippen LogP contribution in [0.3, 0.4) is 0 Å². The second-order valence-electron chi connectivity index (χ2n) is 17.3. The molecule has 0 N–H and O–H groups in total. The van der Waals surface area contributed by atoms with Crippen LogP contribution in [0.25, 0.3) is 109 Å². The molecule has 0 aliphatic carbocycles. The molecule has 0 bridgehead atoms. The predicted molar refractivity (Wildman–Crippen MR) is 273 cm³/mol. The fraction of sp³-hybridized carbons (Fsp3) is 0.0328. The van der Waals surface area contributed by atoms with Gasteiger partial charge >= 0.3 is 6.18 Å². The molecule has 0 radical (unpaired) electrons. The Kier molecular flexibility index (Phi) is 10.3. The fourth-order valence-electron chi connectivity index (χ4n) is 9.92. The number of para-hydroxylation sites is 2. The normalized spacial score (nSPS) is 11.3. The van der Waals surface area contributed by atoms with Gasteiger partial charge in [0, 0.05) is 43.9 Å². The van der Waals surface area contributed by atoms with Crippen LogP contribution >= 0.6 is 0 Å². The van der Waals surface area contributed by atoms with Crippen LogP contribution in [-0.4, -0.2) is 9.13 Å². The first-order chi connectivity index (χ1) is 34.5. The Balaban J connectivity index is 1.19. The number of hydrogen-bond donors (Lipinski definition) is 0. The highest BCUT2D eigenvalue weighted by Gasteiger charge is 2.31. The van der Waals surface area contributed by atoms with E-state index in [4.69, 9.17) is 13.1 Å². The number of aryl methyl sites for hydroxylation is 1. The van der Waals surface area contributed by atoms with E-state index in [2.05, 4.69) is 37.0 Å². The second kappa shape index (κ2) is 16.9. The van der Waals surface area contributed by atoms with Crippen molar-refractivity contribution in [1.82, 2.24) is 9.13 Å². The van der Waals surface area contributed by atoms with E-state index in [1.54, 1.807) is 61.5 Å². The van der Waals surface area contributed by atoms with E-state index in [9.17, 15) is 29.0 Å². The molecule has 71 heavy (non-hydrogen) atoms. The lowest BCUT2D eigenvalue weighted by atomic mass is 9.90. The average Bonchev–Trinajstić information content (AvgIpc) is 3.91. The van der Waals surface area contributed by atoms with Gasteiger partial charge in [0.25, 0.3) is 0 Å². The van der Waals surface area contributed by atoms with Gasteiger partial charge in [-0.2, -0.15) is 29.0 Å². The number of nitriles is 3. The monoisotopic (exact) mass is 919 g/mol. The maximum absolute atomic E-state index is 14.6. The zero-order valence-electron chi connectivity index (χ0n) is 37.5. The molecule has 11 aromatic rings. The minimum Gasteiger partial charge on any atom is -0.309 e. The van der Waals surface area contributed by atoms with Crippen molar-refractivity contribution in [2.45, 2.75) is 13.1 Å². The standard InChI is InChI=1S/C61H32F3N7/c1-36-20-44(27-45(21-36)61(62,63)64)49-16-15-48(70-56-10-6-4-8-50(56)54-30-40(13-18-58(54)70)42-22-38(34-66)24-46(28-42)68-2)32-52(49)53-26-37(33-65)12-17-59(53)71-57-11-7-5-9-51(57)55-31-41(14-19-60(55)71)43-23-39(35-67)25-47(29-43)69-3/h4-32H,1H3. The van der Waals surface area contributed by atoms with Gasteiger partial charge in [0.1, 0.15) is 0 Å². The van der Waals surface area contributed by atoms with Gasteiger partial charge in [-0.1, -0.05) is 60.7 Å². The molecule has 332 valence electrons. The zero-order chi connectivity index (χ0) is 49.1. The molecule has 7 nitrogen and oxygen atoms in total. The second-order valence-corrected chi connectivity index (χ2v) is 17.3. The summed E-state index contributed by atoms with van der Waals surface area (Å²) in [5, 5.41) is 33.7. The summed E-state index contributed by atoms with van der Waals surface area (Å²) in [5.41, 5.74) is 11.3. The van der Waals surface area contributed by atoms with Crippen molar-refractivity contribution in [3.05, 3.63) is 227 Å². The summed E-state index contributed by atoms with van der Waals surface area (Å²) in [6, 6.07) is 59.8. The number of alkyl halides is 3. The average molecular weight is 920 g/mol. The summed E-state index contributed by atoms with van der Waals surface area (Å²) in [7, 11) is 0. The van der Waals surface area contributed by atoms with Crippen LogP contribution in [0.15, 0.2) is 176 Å². The van der Waals surface area contributed by atoms with Crippen molar-refractivity contribution in [2.24, 2.45) is 0 Å². The van der Waals surface area contributed by atoms with Crippen LogP contribution in [0.1, 0.15) is 27.8 Å². The Bertz CT molecular complexity index is 4240. The Morgan fingerprint density at radius 3 is 1.55 bits per heavy atom. The third-order valence-corrected chi connectivity index (χ3v) is 13.0. The molecule has 11 rings (SSSR count). The molecule has 0 fully saturated rings. The van der Waals surface area contributed by atoms with Crippen LogP contribution in [0, 0.1) is 54.1 Å². The first kappa shape index (κ1) is 43.4. The van der Waals surface area contributed by atoms with E-state index in [1.165, 1.54) is 6.07 Å². The first-order valence-electron chi connectivity index (χ1n) is 22.3. The maximum atomic E-state index is 14.6. The summed E-state index contributed by atoms with van der Waals surface area (Å²) in [4.78, 5) is 7.20. The third-order valence-electron chi connectivity index (χ3n) is 13.0. The Morgan fingerprint density at radius 2 is 0.986 bits per heavy atom. The number of benzene rings is 9. The molecule has 0 aliphatic heterocycles. The van der Waals surface area contributed by atoms with Gasteiger partial charge in [0.2, 0.25) is 0 Å². The van der Waals surface area contributed by atoms with Gasteiger partial charge in [0.15, 0.2) is 11.4 Å². The van der Waals surface area contributed by atoms with Crippen LogP contribution in [0.5, 0.6) is 0 Å². The highest BCUT2D eigenvalue weighted by atomic mass is 19.4. The number of rotatable bonds is 6. The molecule has 0 saturated carbocycles. The maximum Gasteiger partial charge on any atom is 0.416 e. The van der Waals surface area contributed by atoms with Gasteiger partial charge < -0.3 is 9.13 Å². The Labute approximate surface area is 405 Å². The molecule has 0 amide bonds. The first-order valence-corrected chi connectivity index (χ1v) is 22.3. The van der Waals surface area contributed by atoms with Crippen molar-refractivity contribution in [1.29, 1.82) is 15.8 Å². The van der Waals surface area contributed by atoms with Crippen molar-refractivity contribution >= 4 is 55.0 Å². The largest absolute Gasteiger partial charge is 0.416 e. The molecule has 9 aromatic carbocycles. The SMILES string of the molecule is [C-]#[N+]c1cc(C#N)cc(-c2ccc3c(c2)c2ccccc2n3-c2ccc(-c3cc(C)cc(C(F)(F)F)c3)c(-c3cc(C#N)ccc3-n3c4ccccc4c4cc(-c5cc(C#N)cc([N+]#[C-])c5)ccc43)c2)c1. The van der Waals surface area contributed by atoms with Gasteiger partial charge in [0.05, 0.1) is 70.2 Å². The number of hydrogen-bond acceptors (Lipinski definition) is 3. The van der Waals surface area contributed by atoms with E-state index in [-0.39, 0.29) is 0 Å². The summed E-state index contributed by atoms with van der Waals surface area (Å²) >= 11 is 0. The van der Waals surface area contributed by atoms with Gasteiger partial charge in [-0.25, -0.2) is 9.69 Å². The van der Waals surface area contributed by atoms with Gasteiger partial charge in [-0.3, -0.25) is 0 Å². The lowest BCUT2D eigenvalue weighted by molar-refractivity contribution is -0.137. The number of fused-ring (bicyclic) bond motifs is 6. The quantitative estimate of drug-likeness (QED) is 0.156. The summed E-state index contributed by atoms with van der Waals surface area (Å²) in [5.74, 6) is 0. The number of halogens is 3. The summed E-state index contributed by atoms with van der Waals surface area (Å²) in [6.07, 6.45) is -4.61. The van der Waals surface area contributed by atoms with Crippen LogP contribution < -0.4 is 0 Å². The van der Waals surface area contributed by atoms with Crippen LogP contribution in [-0.2, 0) is 6.18 Å². The van der Waals surface area contributed by atoms with E-state index < -0.39 is 11.7 Å². The lowest BCUT2D eigenvalue weighted by Gasteiger charge is -2.20. The molecule has 0 spiro atoms. The van der Waals surface area contributed by atoms with Crippen molar-refractivity contribution in [3.8, 4) is 74.1 Å². The van der Waals surface area contributed by atoms with E-state index in [0.717, 1.165) is 71.9 Å². The third kappa shape index (κ3) is 7.45. The highest BCUT2D eigenvalue weighted by Crippen LogP contribution is 2.45. The molecule has 0 atom stereocenters. The van der Waals surface area contributed by atoms with Crippen LogP contribution in [0.4, 0.5) is 24.5 Å². The fourth-order valence-corrected chi connectivity index (χ4v) is 9.92. The number of aromatic nitrogens is 2. The smallest absolute Gasteiger partial charge is 0.309 e. The molecule has 2 aromatic heterocycles. The van der Waals surface area contributed by atoms with Crippen LogP contribution in [0.2, 0.25) is 0 Å². The highest BCUT2D eigenvalue weighted by molar-refractivity contribution is 6.12. The molecule has 0 unspecified atom stereocenters. The minimum absolute atomic E-state index is 0.349. The zero-order valence-corrected chi connectivity index (χ0v) is 37.5. The minimum atomic E-state index is -4.61. The van der Waals surface area contributed by atoms with Crippen molar-refractivity contribution in [3.63, 3.8) is 0 Å². The summed E-state index contributed by atoms with van der Waals surface area (Å²) < 4.78 is 48.0. The van der Waals surface area contributed by atoms with Crippen molar-refractivity contribution < 1.29 is 13.2 Å². The van der Waals surface area contributed by atoms with E-state index in [1.807, 2.05) is 109 Å². The summed E-state index contributed by atoms with van der Waals surface area (Å²) in [6.45, 7) is 17.0. The topological polar surface area (TPSA) is 90.0 Å². The number of nitrogens with zero attached hydrogens (tertiary/aromatic N) is 7. The molecular weight excluding hydrogens is 888 g/mol. The molecule has 2 heterocycles. The molecular formula is C61H32F3N7. The van der Waals surface area contributed by atoms with Gasteiger partial charge in [-0.05, 0) is 167 Å². The molecule has 0 saturated heterocycles. The van der Waals surface area contributed by atoms with E-state index >= 15 is 0 Å². The Hall–Kier alpha value is -10.2. The molecule has 0 aliphatic rings. The molecule has 10 heteroatoms. The van der Waals surface area contributed by atoms with Gasteiger partial charge in [-0.15, -0.1) is 0 Å². The van der Waals surface area contributed by atoms with E-state index in [0.29, 0.717) is 67.3 Å².